The summed E-state index contributed by atoms with van der Waals surface area (Å²) in [6.07, 6.45) is 0.408. The third-order valence-electron chi connectivity index (χ3n) is 3.11. The Bertz CT molecular complexity index is 761. The van der Waals surface area contributed by atoms with Gasteiger partial charge in [0, 0.05) is 10.6 Å². The summed E-state index contributed by atoms with van der Waals surface area (Å²) >= 11 is 5.99. The Morgan fingerprint density at radius 3 is 2.62 bits per heavy atom. The van der Waals surface area contributed by atoms with E-state index < -0.39 is 11.9 Å². The highest BCUT2D eigenvalue weighted by Gasteiger charge is 2.20. The molecule has 0 spiro atoms. The van der Waals surface area contributed by atoms with Gasteiger partial charge in [0.2, 0.25) is 0 Å². The first-order chi connectivity index (χ1) is 10.2. The zero-order valence-electron chi connectivity index (χ0n) is 10.8. The van der Waals surface area contributed by atoms with Crippen LogP contribution in [0.3, 0.4) is 0 Å². The van der Waals surface area contributed by atoms with Crippen LogP contribution in [-0.4, -0.2) is 20.1 Å². The van der Waals surface area contributed by atoms with Crippen LogP contribution in [0.25, 0.3) is 5.69 Å². The van der Waals surface area contributed by atoms with E-state index >= 15 is 0 Å². The number of aliphatic hydroxyl groups excluding tert-OH is 1. The third kappa shape index (κ3) is 2.66. The van der Waals surface area contributed by atoms with E-state index in [-0.39, 0.29) is 5.02 Å². The van der Waals surface area contributed by atoms with Crippen molar-refractivity contribution in [3.8, 4) is 5.69 Å². The van der Waals surface area contributed by atoms with Crippen molar-refractivity contribution in [2.45, 2.75) is 6.10 Å². The number of para-hydroxylation sites is 1. The second-order valence-corrected chi connectivity index (χ2v) is 4.88. The fourth-order valence-corrected chi connectivity index (χ4v) is 2.35. The van der Waals surface area contributed by atoms with Gasteiger partial charge < -0.3 is 5.11 Å². The Kier molecular flexibility index (Phi) is 3.68. The van der Waals surface area contributed by atoms with Crippen LogP contribution in [0, 0.1) is 5.82 Å². The van der Waals surface area contributed by atoms with Gasteiger partial charge in [0.1, 0.15) is 11.9 Å². The number of rotatable bonds is 3. The lowest BCUT2D eigenvalue weighted by atomic mass is 10.1. The highest BCUT2D eigenvalue weighted by atomic mass is 35.5. The van der Waals surface area contributed by atoms with Crippen molar-refractivity contribution in [3.05, 3.63) is 76.8 Å². The van der Waals surface area contributed by atoms with Crippen molar-refractivity contribution in [3.63, 3.8) is 0 Å². The smallest absolute Gasteiger partial charge is 0.124 e. The lowest BCUT2D eigenvalue weighted by Crippen LogP contribution is -2.09. The predicted octanol–water partition coefficient (Wildman–Crippen LogP) is 3.14. The van der Waals surface area contributed by atoms with Gasteiger partial charge in [-0.15, -0.1) is 5.10 Å². The Hall–Kier alpha value is -2.24. The molecule has 1 heterocycles. The van der Waals surface area contributed by atoms with Gasteiger partial charge >= 0.3 is 0 Å². The maximum Gasteiger partial charge on any atom is 0.124 e. The molecule has 3 aromatic rings. The van der Waals surface area contributed by atoms with Gasteiger partial charge in [-0.2, -0.15) is 0 Å². The second-order valence-electron chi connectivity index (χ2n) is 4.47. The molecule has 0 fully saturated rings. The lowest BCUT2D eigenvalue weighted by Gasteiger charge is -2.14. The number of benzene rings is 2. The van der Waals surface area contributed by atoms with E-state index in [1.54, 1.807) is 0 Å². The minimum absolute atomic E-state index is 0.156. The monoisotopic (exact) mass is 303 g/mol. The molecule has 0 aliphatic heterocycles. The molecule has 0 radical (unpaired) electrons. The quantitative estimate of drug-likeness (QED) is 0.808. The van der Waals surface area contributed by atoms with Gasteiger partial charge in [-0.05, 0) is 24.3 Å². The fraction of sp³-hybridized carbons (Fsp3) is 0.0667. The summed E-state index contributed by atoms with van der Waals surface area (Å²) in [4.78, 5) is 0. The van der Waals surface area contributed by atoms with Gasteiger partial charge in [0.15, 0.2) is 0 Å². The van der Waals surface area contributed by atoms with E-state index in [0.717, 1.165) is 11.8 Å². The van der Waals surface area contributed by atoms with E-state index in [1.807, 2.05) is 30.3 Å². The van der Waals surface area contributed by atoms with Gasteiger partial charge in [0.05, 0.1) is 17.6 Å². The van der Waals surface area contributed by atoms with Gasteiger partial charge in [0.25, 0.3) is 0 Å². The molecule has 2 aromatic carbocycles. The van der Waals surface area contributed by atoms with Crippen molar-refractivity contribution in [1.82, 2.24) is 15.0 Å². The van der Waals surface area contributed by atoms with Crippen LogP contribution < -0.4 is 0 Å². The number of aromatic nitrogens is 3. The van der Waals surface area contributed by atoms with E-state index in [9.17, 15) is 9.50 Å². The largest absolute Gasteiger partial charge is 0.382 e. The topological polar surface area (TPSA) is 50.9 Å². The third-order valence-corrected chi connectivity index (χ3v) is 3.44. The Morgan fingerprint density at radius 1 is 1.14 bits per heavy atom. The molecule has 1 aromatic heterocycles. The van der Waals surface area contributed by atoms with Crippen molar-refractivity contribution in [2.24, 2.45) is 0 Å². The highest BCUT2D eigenvalue weighted by molar-refractivity contribution is 6.31. The van der Waals surface area contributed by atoms with Crippen LogP contribution in [0.1, 0.15) is 17.4 Å². The van der Waals surface area contributed by atoms with E-state index in [0.29, 0.717) is 11.3 Å². The first kappa shape index (κ1) is 13.7. The van der Waals surface area contributed by atoms with Crippen LogP contribution in [0.2, 0.25) is 5.02 Å². The highest BCUT2D eigenvalue weighted by Crippen LogP contribution is 2.29. The summed E-state index contributed by atoms with van der Waals surface area (Å²) in [5.74, 6) is -0.453. The number of nitrogens with zero attached hydrogens (tertiary/aromatic N) is 3. The van der Waals surface area contributed by atoms with E-state index in [4.69, 9.17) is 11.6 Å². The van der Waals surface area contributed by atoms with Crippen LogP contribution >= 0.6 is 11.6 Å². The van der Waals surface area contributed by atoms with Crippen LogP contribution in [-0.2, 0) is 0 Å². The van der Waals surface area contributed by atoms with E-state index in [2.05, 4.69) is 10.3 Å². The number of hydrogen-bond acceptors (Lipinski definition) is 3. The summed E-state index contributed by atoms with van der Waals surface area (Å²) in [5, 5.41) is 18.4. The molecule has 3 rings (SSSR count). The fourth-order valence-electron chi connectivity index (χ4n) is 2.08. The molecule has 0 aliphatic rings. The number of aliphatic hydroxyl groups is 1. The summed E-state index contributed by atoms with van der Waals surface area (Å²) in [6.45, 7) is 0. The zero-order valence-corrected chi connectivity index (χ0v) is 11.6. The zero-order chi connectivity index (χ0) is 14.8. The average molecular weight is 304 g/mol. The molecule has 21 heavy (non-hydrogen) atoms. The molecule has 0 amide bonds. The summed E-state index contributed by atoms with van der Waals surface area (Å²) in [6, 6.07) is 13.2. The Labute approximate surface area is 125 Å². The number of halogens is 2. The molecule has 1 N–H and O–H groups in total. The lowest BCUT2D eigenvalue weighted by molar-refractivity contribution is 0.212. The molecule has 0 saturated heterocycles. The van der Waals surface area contributed by atoms with Gasteiger partial charge in [-0.3, -0.25) is 0 Å². The molecule has 0 aliphatic carbocycles. The summed E-state index contributed by atoms with van der Waals surface area (Å²) in [5.41, 5.74) is 1.62. The van der Waals surface area contributed by atoms with Crippen molar-refractivity contribution >= 4 is 11.6 Å². The van der Waals surface area contributed by atoms with Crippen LogP contribution in [0.5, 0.6) is 0 Å². The van der Waals surface area contributed by atoms with Crippen molar-refractivity contribution in [1.29, 1.82) is 0 Å². The molecule has 106 valence electrons. The molecule has 0 bridgehead atoms. The molecule has 6 heteroatoms. The standard InChI is InChI=1S/C15H11ClFN3O/c16-13-8-10(17)6-7-12(13)15(21)14-9-18-19-20(14)11-4-2-1-3-5-11/h1-9,15,21H. The Morgan fingerprint density at radius 2 is 1.90 bits per heavy atom. The minimum atomic E-state index is -1.05. The second kappa shape index (κ2) is 5.63. The average Bonchev–Trinajstić information content (AvgIpc) is 2.97. The summed E-state index contributed by atoms with van der Waals surface area (Å²) in [7, 11) is 0. The SMILES string of the molecule is OC(c1ccc(F)cc1Cl)c1cnnn1-c1ccccc1. The molecular formula is C15H11ClFN3O. The normalized spacial score (nSPS) is 12.3. The van der Waals surface area contributed by atoms with Crippen molar-refractivity contribution in [2.75, 3.05) is 0 Å². The molecular weight excluding hydrogens is 293 g/mol. The minimum Gasteiger partial charge on any atom is -0.382 e. The number of hydrogen-bond donors (Lipinski definition) is 1. The van der Waals surface area contributed by atoms with Crippen LogP contribution in [0.4, 0.5) is 4.39 Å². The maximum absolute atomic E-state index is 13.1. The Balaban J connectivity index is 2.03. The van der Waals surface area contributed by atoms with Crippen molar-refractivity contribution < 1.29 is 9.50 Å². The molecule has 0 saturated carbocycles. The molecule has 1 atom stereocenters. The molecule has 4 nitrogen and oxygen atoms in total. The van der Waals surface area contributed by atoms with E-state index in [1.165, 1.54) is 23.0 Å². The maximum atomic E-state index is 13.1. The molecule has 1 unspecified atom stereocenters. The summed E-state index contributed by atoms with van der Waals surface area (Å²) < 4.78 is 14.6. The van der Waals surface area contributed by atoms with Crippen LogP contribution in [0.15, 0.2) is 54.7 Å². The first-order valence-electron chi connectivity index (χ1n) is 6.26. The first-order valence-corrected chi connectivity index (χ1v) is 6.63. The van der Waals surface area contributed by atoms with Gasteiger partial charge in [-0.25, -0.2) is 9.07 Å². The predicted molar refractivity (Wildman–Crippen MR) is 76.8 cm³/mol. The van der Waals surface area contributed by atoms with Gasteiger partial charge in [-0.1, -0.05) is 41.1 Å².